The summed E-state index contributed by atoms with van der Waals surface area (Å²) in [4.78, 5) is 22.5. The Morgan fingerprint density at radius 2 is 2.17 bits per heavy atom. The maximum Gasteiger partial charge on any atom is 0.304 e. The van der Waals surface area contributed by atoms with Crippen molar-refractivity contribution >= 4 is 17.6 Å². The van der Waals surface area contributed by atoms with E-state index in [-0.39, 0.29) is 12.3 Å². The number of halogens is 1. The molecule has 1 aromatic carbocycles. The lowest BCUT2D eigenvalue weighted by Gasteiger charge is -2.14. The highest BCUT2D eigenvalue weighted by Crippen LogP contribution is 2.16. The lowest BCUT2D eigenvalue weighted by atomic mass is 9.99. The first-order valence-corrected chi connectivity index (χ1v) is 5.81. The van der Waals surface area contributed by atoms with Gasteiger partial charge in [-0.05, 0) is 24.6 Å². The Morgan fingerprint density at radius 3 is 2.72 bits per heavy atom. The average Bonchev–Trinajstić information content (AvgIpc) is 2.27. The lowest BCUT2D eigenvalue weighted by molar-refractivity contribution is -0.140. The van der Waals surface area contributed by atoms with E-state index in [1.807, 2.05) is 6.92 Å². The first-order chi connectivity index (χ1) is 8.52. The highest BCUT2D eigenvalue weighted by atomic mass is 19.1. The molecule has 0 aromatic heterocycles. The minimum atomic E-state index is -1.01. The van der Waals surface area contributed by atoms with Gasteiger partial charge in [0.15, 0.2) is 0 Å². The van der Waals surface area contributed by atoms with Crippen LogP contribution in [0, 0.1) is 11.7 Å². The van der Waals surface area contributed by atoms with Crippen molar-refractivity contribution in [2.75, 3.05) is 5.32 Å². The minimum Gasteiger partial charge on any atom is -0.481 e. The zero-order chi connectivity index (χ0) is 13.5. The van der Waals surface area contributed by atoms with E-state index >= 15 is 0 Å². The van der Waals surface area contributed by atoms with E-state index in [0.717, 1.165) is 0 Å². The van der Waals surface area contributed by atoms with Crippen LogP contribution in [0.4, 0.5) is 10.1 Å². The quantitative estimate of drug-likeness (QED) is 0.819. The van der Waals surface area contributed by atoms with Crippen LogP contribution in [-0.2, 0) is 9.59 Å². The predicted molar refractivity (Wildman–Crippen MR) is 65.7 cm³/mol. The van der Waals surface area contributed by atoms with Crippen molar-refractivity contribution in [3.63, 3.8) is 0 Å². The molecule has 0 fully saturated rings. The third kappa shape index (κ3) is 4.53. The Labute approximate surface area is 105 Å². The second-order valence-electron chi connectivity index (χ2n) is 4.08. The summed E-state index contributed by atoms with van der Waals surface area (Å²) in [5.74, 6) is -2.43. The number of anilines is 1. The second-order valence-corrected chi connectivity index (χ2v) is 4.08. The van der Waals surface area contributed by atoms with Crippen molar-refractivity contribution in [1.82, 2.24) is 0 Å². The fourth-order valence-corrected chi connectivity index (χ4v) is 1.70. The van der Waals surface area contributed by atoms with Gasteiger partial charge in [-0.1, -0.05) is 19.4 Å². The smallest absolute Gasteiger partial charge is 0.304 e. The zero-order valence-electron chi connectivity index (χ0n) is 10.1. The summed E-state index contributed by atoms with van der Waals surface area (Å²) in [6.45, 7) is 1.88. The van der Waals surface area contributed by atoms with Gasteiger partial charge in [-0.2, -0.15) is 0 Å². The van der Waals surface area contributed by atoms with Crippen molar-refractivity contribution in [1.29, 1.82) is 0 Å². The van der Waals surface area contributed by atoms with Gasteiger partial charge in [0.1, 0.15) is 5.82 Å². The van der Waals surface area contributed by atoms with E-state index in [9.17, 15) is 14.0 Å². The first kappa shape index (κ1) is 14.2. The van der Waals surface area contributed by atoms with Crippen LogP contribution in [0.5, 0.6) is 0 Å². The predicted octanol–water partition coefficient (Wildman–Crippen LogP) is 2.66. The van der Waals surface area contributed by atoms with Crippen molar-refractivity contribution < 1.29 is 19.1 Å². The van der Waals surface area contributed by atoms with Gasteiger partial charge in [-0.3, -0.25) is 9.59 Å². The number of nitrogens with one attached hydrogen (secondary N) is 1. The van der Waals surface area contributed by atoms with E-state index in [4.69, 9.17) is 5.11 Å². The van der Waals surface area contributed by atoms with Crippen LogP contribution in [-0.4, -0.2) is 17.0 Å². The largest absolute Gasteiger partial charge is 0.481 e. The number of rotatable bonds is 6. The van der Waals surface area contributed by atoms with Gasteiger partial charge in [-0.25, -0.2) is 4.39 Å². The van der Waals surface area contributed by atoms with Gasteiger partial charge < -0.3 is 10.4 Å². The Kier molecular flexibility index (Phi) is 5.30. The van der Waals surface area contributed by atoms with Gasteiger partial charge in [-0.15, -0.1) is 0 Å². The number of carbonyl (C=O) groups is 2. The molecule has 98 valence electrons. The minimum absolute atomic E-state index is 0.213. The number of carboxylic acids is 1. The van der Waals surface area contributed by atoms with Gasteiger partial charge >= 0.3 is 5.97 Å². The molecule has 1 unspecified atom stereocenters. The molecule has 0 radical (unpaired) electrons. The van der Waals surface area contributed by atoms with Gasteiger partial charge in [0.05, 0.1) is 6.42 Å². The molecule has 0 bridgehead atoms. The molecule has 2 N–H and O–H groups in total. The molecule has 0 aliphatic heterocycles. The zero-order valence-corrected chi connectivity index (χ0v) is 10.1. The first-order valence-electron chi connectivity index (χ1n) is 5.81. The number of carbonyl (C=O) groups excluding carboxylic acids is 1. The molecule has 0 aliphatic rings. The highest BCUT2D eigenvalue weighted by molar-refractivity contribution is 5.94. The molecular formula is C13H16FNO3. The van der Waals surface area contributed by atoms with E-state index in [0.29, 0.717) is 18.5 Å². The summed E-state index contributed by atoms with van der Waals surface area (Å²) in [5.41, 5.74) is 0.339. The Bertz CT molecular complexity index is 434. The topological polar surface area (TPSA) is 66.4 Å². The molecule has 0 spiro atoms. The van der Waals surface area contributed by atoms with E-state index in [2.05, 4.69) is 5.32 Å². The van der Waals surface area contributed by atoms with Crippen molar-refractivity contribution in [2.45, 2.75) is 26.2 Å². The lowest BCUT2D eigenvalue weighted by Crippen LogP contribution is -2.25. The number of hydrogen-bond donors (Lipinski definition) is 2. The van der Waals surface area contributed by atoms with E-state index in [1.54, 1.807) is 6.07 Å². The molecule has 0 saturated carbocycles. The van der Waals surface area contributed by atoms with Crippen molar-refractivity contribution in [2.24, 2.45) is 5.92 Å². The molecule has 0 heterocycles. The maximum absolute atomic E-state index is 12.9. The summed E-state index contributed by atoms with van der Waals surface area (Å²) >= 11 is 0. The fraction of sp³-hybridized carbons (Fsp3) is 0.385. The summed E-state index contributed by atoms with van der Waals surface area (Å²) in [6, 6.07) is 5.51. The number of amides is 1. The SMILES string of the molecule is CCCC(CC(=O)O)C(=O)Nc1cccc(F)c1. The number of hydrogen-bond acceptors (Lipinski definition) is 2. The van der Waals surface area contributed by atoms with E-state index < -0.39 is 17.7 Å². The summed E-state index contributed by atoms with van der Waals surface area (Å²) < 4.78 is 12.9. The monoisotopic (exact) mass is 253 g/mol. The molecular weight excluding hydrogens is 237 g/mol. The van der Waals surface area contributed by atoms with Crippen LogP contribution < -0.4 is 5.32 Å². The molecule has 1 atom stereocenters. The third-order valence-corrected chi connectivity index (χ3v) is 2.52. The molecule has 4 nitrogen and oxygen atoms in total. The number of aliphatic carboxylic acids is 1. The van der Waals surface area contributed by atoms with Crippen molar-refractivity contribution in [3.05, 3.63) is 30.1 Å². The molecule has 18 heavy (non-hydrogen) atoms. The Hall–Kier alpha value is -1.91. The Balaban J connectivity index is 2.69. The van der Waals surface area contributed by atoms with Crippen LogP contribution in [0.25, 0.3) is 0 Å². The molecule has 1 amide bonds. The third-order valence-electron chi connectivity index (χ3n) is 2.52. The van der Waals surface area contributed by atoms with Crippen LogP contribution >= 0.6 is 0 Å². The maximum atomic E-state index is 12.9. The summed E-state index contributed by atoms with van der Waals surface area (Å²) in [5, 5.41) is 11.3. The van der Waals surface area contributed by atoms with Gasteiger partial charge in [0.25, 0.3) is 0 Å². The van der Waals surface area contributed by atoms with Crippen LogP contribution in [0.15, 0.2) is 24.3 Å². The normalized spacial score (nSPS) is 11.9. The van der Waals surface area contributed by atoms with Crippen molar-refractivity contribution in [3.8, 4) is 0 Å². The summed E-state index contributed by atoms with van der Waals surface area (Å²) in [6.07, 6.45) is 0.997. The van der Waals surface area contributed by atoms with Crippen LogP contribution in [0.3, 0.4) is 0 Å². The van der Waals surface area contributed by atoms with Gasteiger partial charge in [0.2, 0.25) is 5.91 Å². The summed E-state index contributed by atoms with van der Waals surface area (Å²) in [7, 11) is 0. The second kappa shape index (κ2) is 6.74. The van der Waals surface area contributed by atoms with Gasteiger partial charge in [0, 0.05) is 11.6 Å². The fourth-order valence-electron chi connectivity index (χ4n) is 1.70. The molecule has 1 aromatic rings. The number of carboxylic acid groups (broad SMARTS) is 1. The molecule has 0 saturated heterocycles. The standard InChI is InChI=1S/C13H16FNO3/c1-2-4-9(7-12(16)17)13(18)15-11-6-3-5-10(14)8-11/h3,5-6,8-9H,2,4,7H2,1H3,(H,15,18)(H,16,17). The highest BCUT2D eigenvalue weighted by Gasteiger charge is 2.20. The molecule has 0 aliphatic carbocycles. The number of benzene rings is 1. The Morgan fingerprint density at radius 1 is 1.44 bits per heavy atom. The molecule has 5 heteroatoms. The van der Waals surface area contributed by atoms with Crippen LogP contribution in [0.2, 0.25) is 0 Å². The molecule has 1 rings (SSSR count). The average molecular weight is 253 g/mol. The van der Waals surface area contributed by atoms with E-state index in [1.165, 1.54) is 18.2 Å². The van der Waals surface area contributed by atoms with Crippen LogP contribution in [0.1, 0.15) is 26.2 Å².